The van der Waals surface area contributed by atoms with Crippen LogP contribution in [0.5, 0.6) is 0 Å². The number of nitrogens with zero attached hydrogens (tertiary/aromatic N) is 2. The molecule has 7 heteroatoms. The highest BCUT2D eigenvalue weighted by Gasteiger charge is 2.14. The van der Waals surface area contributed by atoms with Gasteiger partial charge in [-0.25, -0.2) is 4.79 Å². The minimum Gasteiger partial charge on any atom is -0.396 e. The van der Waals surface area contributed by atoms with Gasteiger partial charge in [0.2, 0.25) is 0 Å². The maximum atomic E-state index is 12.1. The van der Waals surface area contributed by atoms with E-state index in [4.69, 9.17) is 10.8 Å². The summed E-state index contributed by atoms with van der Waals surface area (Å²) in [5.74, 6) is 0.432. The van der Waals surface area contributed by atoms with Crippen molar-refractivity contribution in [2.24, 2.45) is 13.0 Å². The van der Waals surface area contributed by atoms with Gasteiger partial charge in [-0.05, 0) is 25.2 Å². The van der Waals surface area contributed by atoms with Crippen LogP contribution >= 0.6 is 0 Å². The molecule has 0 aromatic carbocycles. The van der Waals surface area contributed by atoms with Gasteiger partial charge in [0.15, 0.2) is 0 Å². The van der Waals surface area contributed by atoms with Gasteiger partial charge in [0.1, 0.15) is 11.5 Å². The fraction of sp³-hybridized carbons (Fsp3) is 0.714. The molecular weight excluding hydrogens is 272 g/mol. The summed E-state index contributed by atoms with van der Waals surface area (Å²) in [7, 11) is 1.45. The third kappa shape index (κ3) is 4.10. The van der Waals surface area contributed by atoms with Gasteiger partial charge in [0, 0.05) is 26.7 Å². The maximum Gasteiger partial charge on any atom is 0.332 e. The first-order valence-electron chi connectivity index (χ1n) is 7.38. The van der Waals surface area contributed by atoms with Crippen LogP contribution in [0.25, 0.3) is 0 Å². The number of aliphatic hydroxyl groups excluding tert-OH is 1. The molecule has 0 saturated carbocycles. The van der Waals surface area contributed by atoms with Gasteiger partial charge in [-0.2, -0.15) is 0 Å². The van der Waals surface area contributed by atoms with Crippen molar-refractivity contribution in [3.63, 3.8) is 0 Å². The molecule has 21 heavy (non-hydrogen) atoms. The molecule has 1 aromatic rings. The molecule has 0 bridgehead atoms. The van der Waals surface area contributed by atoms with Crippen LogP contribution in [0.1, 0.15) is 33.1 Å². The monoisotopic (exact) mass is 298 g/mol. The summed E-state index contributed by atoms with van der Waals surface area (Å²) < 4.78 is 2.49. The molecule has 1 atom stereocenters. The Morgan fingerprint density at radius 1 is 1.38 bits per heavy atom. The highest BCUT2D eigenvalue weighted by molar-refractivity contribution is 5.60. The summed E-state index contributed by atoms with van der Waals surface area (Å²) in [5.41, 5.74) is 5.44. The zero-order valence-electron chi connectivity index (χ0n) is 13.1. The van der Waals surface area contributed by atoms with Crippen LogP contribution in [0.15, 0.2) is 9.59 Å². The summed E-state index contributed by atoms with van der Waals surface area (Å²) in [6.07, 6.45) is 2.44. The van der Waals surface area contributed by atoms with Crippen LogP contribution in [0, 0.1) is 5.92 Å². The van der Waals surface area contributed by atoms with Crippen molar-refractivity contribution in [2.75, 3.05) is 24.2 Å². The second-order valence-corrected chi connectivity index (χ2v) is 5.42. The van der Waals surface area contributed by atoms with Crippen LogP contribution < -0.4 is 22.3 Å². The molecule has 0 amide bonds. The van der Waals surface area contributed by atoms with Crippen LogP contribution in [0.2, 0.25) is 0 Å². The molecule has 0 aliphatic carbocycles. The number of aliphatic hydroxyl groups is 1. The van der Waals surface area contributed by atoms with Crippen molar-refractivity contribution >= 4 is 11.5 Å². The Balaban J connectivity index is 2.92. The lowest BCUT2D eigenvalue weighted by atomic mass is 10.1. The Morgan fingerprint density at radius 2 is 2.05 bits per heavy atom. The zero-order chi connectivity index (χ0) is 16.0. The molecule has 0 spiro atoms. The lowest BCUT2D eigenvalue weighted by Gasteiger charge is -2.16. The second kappa shape index (κ2) is 7.87. The first kappa shape index (κ1) is 17.3. The van der Waals surface area contributed by atoms with Crippen molar-refractivity contribution in [1.29, 1.82) is 0 Å². The van der Waals surface area contributed by atoms with Gasteiger partial charge in [-0.1, -0.05) is 13.8 Å². The van der Waals surface area contributed by atoms with E-state index in [1.54, 1.807) is 0 Å². The lowest BCUT2D eigenvalue weighted by Crippen LogP contribution is -2.40. The molecule has 0 radical (unpaired) electrons. The minimum atomic E-state index is -0.403. The summed E-state index contributed by atoms with van der Waals surface area (Å²) in [5, 5.41) is 12.0. The average molecular weight is 298 g/mol. The predicted octanol–water partition coefficient (Wildman–Crippen LogP) is 0.360. The van der Waals surface area contributed by atoms with Gasteiger partial charge in [-0.15, -0.1) is 0 Å². The highest BCUT2D eigenvalue weighted by atomic mass is 16.3. The molecule has 7 nitrogen and oxygen atoms in total. The minimum absolute atomic E-state index is 0.158. The molecule has 1 rings (SSSR count). The van der Waals surface area contributed by atoms with E-state index in [1.165, 1.54) is 11.6 Å². The molecular formula is C14H26N4O3. The number of rotatable bonds is 8. The number of nitrogen functional groups attached to an aromatic ring is 1. The van der Waals surface area contributed by atoms with Crippen molar-refractivity contribution in [1.82, 2.24) is 9.13 Å². The number of hydrogen-bond acceptors (Lipinski definition) is 5. The Hall–Kier alpha value is -1.76. The van der Waals surface area contributed by atoms with E-state index in [2.05, 4.69) is 5.32 Å². The molecule has 120 valence electrons. The van der Waals surface area contributed by atoms with E-state index in [9.17, 15) is 9.59 Å². The summed E-state index contributed by atoms with van der Waals surface area (Å²) >= 11 is 0. The summed E-state index contributed by atoms with van der Waals surface area (Å²) in [6, 6.07) is 0. The van der Waals surface area contributed by atoms with E-state index in [0.717, 1.165) is 23.8 Å². The molecule has 0 aliphatic rings. The molecule has 1 unspecified atom stereocenters. The van der Waals surface area contributed by atoms with E-state index in [0.29, 0.717) is 13.1 Å². The smallest absolute Gasteiger partial charge is 0.332 e. The number of anilines is 2. The molecule has 4 N–H and O–H groups in total. The maximum absolute atomic E-state index is 12.1. The largest absolute Gasteiger partial charge is 0.396 e. The summed E-state index contributed by atoms with van der Waals surface area (Å²) in [4.78, 5) is 24.1. The fourth-order valence-corrected chi connectivity index (χ4v) is 2.14. The van der Waals surface area contributed by atoms with Crippen molar-refractivity contribution < 1.29 is 5.11 Å². The Labute approximate surface area is 124 Å². The van der Waals surface area contributed by atoms with Gasteiger partial charge in [0.25, 0.3) is 5.56 Å². The van der Waals surface area contributed by atoms with Gasteiger partial charge in [-0.3, -0.25) is 13.9 Å². The van der Waals surface area contributed by atoms with Gasteiger partial charge >= 0.3 is 5.69 Å². The van der Waals surface area contributed by atoms with Crippen LogP contribution in [0.3, 0.4) is 0 Å². The molecule has 0 saturated heterocycles. The molecule has 1 heterocycles. The molecule has 1 aromatic heterocycles. The Kier molecular flexibility index (Phi) is 6.48. The number of nitrogens with two attached hydrogens (primary N) is 1. The van der Waals surface area contributed by atoms with Crippen LogP contribution in [-0.4, -0.2) is 27.4 Å². The normalized spacial score (nSPS) is 12.4. The van der Waals surface area contributed by atoms with Crippen molar-refractivity contribution in [3.05, 3.63) is 20.8 Å². The van der Waals surface area contributed by atoms with Gasteiger partial charge in [0.05, 0.1) is 0 Å². The van der Waals surface area contributed by atoms with Gasteiger partial charge < -0.3 is 16.2 Å². The molecule has 0 fully saturated rings. The zero-order valence-corrected chi connectivity index (χ0v) is 13.1. The number of nitrogens with one attached hydrogen (secondary N) is 1. The standard InChI is InChI=1S/C14H26N4O3/c1-4-8-18-12(15)11(13(20)17(3)14(18)21)16-7-5-6-10(2)9-19/h10,16,19H,4-9,15H2,1-3H3. The van der Waals surface area contributed by atoms with E-state index >= 15 is 0 Å². The Bertz CT molecular complexity index is 577. The number of aromatic nitrogens is 2. The van der Waals surface area contributed by atoms with Crippen LogP contribution in [0.4, 0.5) is 11.5 Å². The predicted molar refractivity (Wildman–Crippen MR) is 84.6 cm³/mol. The first-order valence-corrected chi connectivity index (χ1v) is 7.38. The fourth-order valence-electron chi connectivity index (χ4n) is 2.14. The van der Waals surface area contributed by atoms with E-state index in [1.807, 2.05) is 13.8 Å². The average Bonchev–Trinajstić information content (AvgIpc) is 2.48. The van der Waals surface area contributed by atoms with Crippen molar-refractivity contribution in [3.8, 4) is 0 Å². The topological polar surface area (TPSA) is 102 Å². The van der Waals surface area contributed by atoms with Crippen LogP contribution in [-0.2, 0) is 13.6 Å². The lowest BCUT2D eigenvalue weighted by molar-refractivity contribution is 0.229. The Morgan fingerprint density at radius 3 is 2.62 bits per heavy atom. The van der Waals surface area contributed by atoms with E-state index in [-0.39, 0.29) is 29.7 Å². The van der Waals surface area contributed by atoms with Crippen molar-refractivity contribution in [2.45, 2.75) is 39.7 Å². The number of hydrogen-bond donors (Lipinski definition) is 3. The third-order valence-electron chi connectivity index (χ3n) is 3.52. The van der Waals surface area contributed by atoms with E-state index < -0.39 is 5.56 Å². The quantitative estimate of drug-likeness (QED) is 0.601. The highest BCUT2D eigenvalue weighted by Crippen LogP contribution is 2.12. The SMILES string of the molecule is CCCn1c(N)c(NCCCC(C)CO)c(=O)n(C)c1=O. The second-order valence-electron chi connectivity index (χ2n) is 5.42. The molecule has 0 aliphatic heterocycles. The summed E-state index contributed by atoms with van der Waals surface area (Å²) in [6.45, 7) is 5.13. The first-order chi connectivity index (χ1) is 9.93. The third-order valence-corrected chi connectivity index (χ3v) is 3.52.